The number of aromatic amines is 1. The Bertz CT molecular complexity index is 287. The zero-order valence-electron chi connectivity index (χ0n) is 9.81. The molecule has 1 aromatic heterocycles. The van der Waals surface area contributed by atoms with E-state index in [9.17, 15) is 0 Å². The minimum Gasteiger partial charge on any atom is -0.368 e. The Labute approximate surface area is 86.3 Å². The highest BCUT2D eigenvalue weighted by Gasteiger charge is 2.11. The van der Waals surface area contributed by atoms with Gasteiger partial charge in [0.1, 0.15) is 0 Å². The second kappa shape index (κ2) is 4.49. The van der Waals surface area contributed by atoms with Gasteiger partial charge in [-0.05, 0) is 18.8 Å². The van der Waals surface area contributed by atoms with Crippen LogP contribution in [-0.4, -0.2) is 16.7 Å². The fourth-order valence-corrected chi connectivity index (χ4v) is 1.45. The molecule has 3 heteroatoms. The van der Waals surface area contributed by atoms with Crippen LogP contribution in [0.4, 0.5) is 5.82 Å². The van der Waals surface area contributed by atoms with Crippen molar-refractivity contribution < 1.29 is 0 Å². The van der Waals surface area contributed by atoms with Gasteiger partial charge in [0.05, 0.1) is 0 Å². The van der Waals surface area contributed by atoms with Crippen molar-refractivity contribution in [2.24, 2.45) is 5.92 Å². The SMILES string of the molecule is Cc1c(NCC(C)C)n[nH]c1C(C)C. The Balaban J connectivity index is 2.70. The summed E-state index contributed by atoms with van der Waals surface area (Å²) in [6, 6.07) is 0. The van der Waals surface area contributed by atoms with Crippen molar-refractivity contribution in [3.8, 4) is 0 Å². The molecule has 1 rings (SSSR count). The first-order valence-electron chi connectivity index (χ1n) is 5.31. The normalized spacial score (nSPS) is 11.4. The molecule has 0 aliphatic rings. The van der Waals surface area contributed by atoms with Gasteiger partial charge >= 0.3 is 0 Å². The third kappa shape index (κ3) is 2.50. The van der Waals surface area contributed by atoms with Crippen LogP contribution >= 0.6 is 0 Å². The van der Waals surface area contributed by atoms with Gasteiger partial charge in [0.15, 0.2) is 5.82 Å². The van der Waals surface area contributed by atoms with Crippen molar-refractivity contribution in [2.75, 3.05) is 11.9 Å². The Morgan fingerprint density at radius 3 is 2.36 bits per heavy atom. The van der Waals surface area contributed by atoms with E-state index in [1.807, 2.05) is 0 Å². The average molecular weight is 195 g/mol. The largest absolute Gasteiger partial charge is 0.368 e. The molecule has 0 atom stereocenters. The molecular weight excluding hydrogens is 174 g/mol. The minimum absolute atomic E-state index is 0.511. The van der Waals surface area contributed by atoms with Crippen LogP contribution in [0.25, 0.3) is 0 Å². The number of hydrogen-bond donors (Lipinski definition) is 2. The summed E-state index contributed by atoms with van der Waals surface area (Å²) in [7, 11) is 0. The molecule has 1 aromatic rings. The predicted molar refractivity (Wildman–Crippen MR) is 60.7 cm³/mol. The molecule has 14 heavy (non-hydrogen) atoms. The van der Waals surface area contributed by atoms with Crippen LogP contribution in [0, 0.1) is 12.8 Å². The molecule has 3 nitrogen and oxygen atoms in total. The van der Waals surface area contributed by atoms with E-state index in [2.05, 4.69) is 50.1 Å². The van der Waals surface area contributed by atoms with Crippen molar-refractivity contribution in [3.63, 3.8) is 0 Å². The maximum atomic E-state index is 4.27. The predicted octanol–water partition coefficient (Wildman–Crippen LogP) is 2.91. The highest BCUT2D eigenvalue weighted by Crippen LogP contribution is 2.21. The maximum Gasteiger partial charge on any atom is 0.150 e. The first-order chi connectivity index (χ1) is 6.52. The number of anilines is 1. The summed E-state index contributed by atoms with van der Waals surface area (Å²) < 4.78 is 0. The molecule has 0 aliphatic carbocycles. The van der Waals surface area contributed by atoms with Gasteiger partial charge in [-0.1, -0.05) is 27.7 Å². The van der Waals surface area contributed by atoms with Crippen molar-refractivity contribution in [1.29, 1.82) is 0 Å². The monoisotopic (exact) mass is 195 g/mol. The van der Waals surface area contributed by atoms with Crippen molar-refractivity contribution in [1.82, 2.24) is 10.2 Å². The second-order valence-electron chi connectivity index (χ2n) is 4.54. The van der Waals surface area contributed by atoms with Crippen LogP contribution in [0.3, 0.4) is 0 Å². The zero-order chi connectivity index (χ0) is 10.7. The molecule has 0 saturated heterocycles. The van der Waals surface area contributed by atoms with E-state index in [1.54, 1.807) is 0 Å². The Morgan fingerprint density at radius 2 is 1.93 bits per heavy atom. The summed E-state index contributed by atoms with van der Waals surface area (Å²) in [5.41, 5.74) is 2.48. The number of nitrogens with one attached hydrogen (secondary N) is 2. The maximum absolute atomic E-state index is 4.27. The molecule has 0 bridgehead atoms. The molecule has 0 spiro atoms. The van der Waals surface area contributed by atoms with E-state index in [1.165, 1.54) is 11.3 Å². The smallest absolute Gasteiger partial charge is 0.150 e. The van der Waals surface area contributed by atoms with E-state index in [0.717, 1.165) is 12.4 Å². The summed E-state index contributed by atoms with van der Waals surface area (Å²) >= 11 is 0. The molecular formula is C11H21N3. The molecule has 80 valence electrons. The van der Waals surface area contributed by atoms with Gasteiger partial charge in [-0.25, -0.2) is 0 Å². The quantitative estimate of drug-likeness (QED) is 0.775. The van der Waals surface area contributed by atoms with Gasteiger partial charge in [0, 0.05) is 17.8 Å². The van der Waals surface area contributed by atoms with E-state index in [-0.39, 0.29) is 0 Å². The average Bonchev–Trinajstić information content (AvgIpc) is 2.43. The first kappa shape index (κ1) is 11.1. The van der Waals surface area contributed by atoms with Crippen molar-refractivity contribution >= 4 is 5.82 Å². The van der Waals surface area contributed by atoms with E-state index in [0.29, 0.717) is 11.8 Å². The fourth-order valence-electron chi connectivity index (χ4n) is 1.45. The summed E-state index contributed by atoms with van der Waals surface area (Å²) in [5.74, 6) is 2.16. The van der Waals surface area contributed by atoms with Crippen molar-refractivity contribution in [3.05, 3.63) is 11.3 Å². The summed E-state index contributed by atoms with van der Waals surface area (Å²) in [4.78, 5) is 0. The number of nitrogens with zero attached hydrogens (tertiary/aromatic N) is 1. The summed E-state index contributed by atoms with van der Waals surface area (Å²) in [5, 5.41) is 10.7. The van der Waals surface area contributed by atoms with Crippen LogP contribution in [0.1, 0.15) is 44.9 Å². The Kier molecular flexibility index (Phi) is 3.55. The molecule has 0 aromatic carbocycles. The molecule has 1 heterocycles. The molecule has 0 fully saturated rings. The third-order valence-corrected chi connectivity index (χ3v) is 2.30. The number of H-pyrrole nitrogens is 1. The van der Waals surface area contributed by atoms with Gasteiger partial charge in [0.2, 0.25) is 0 Å². The molecule has 2 N–H and O–H groups in total. The zero-order valence-corrected chi connectivity index (χ0v) is 9.81. The molecule has 0 amide bonds. The van der Waals surface area contributed by atoms with E-state index >= 15 is 0 Å². The Hall–Kier alpha value is -0.990. The van der Waals surface area contributed by atoms with Crippen LogP contribution in [0.5, 0.6) is 0 Å². The topological polar surface area (TPSA) is 40.7 Å². The molecule has 0 aliphatic heterocycles. The second-order valence-corrected chi connectivity index (χ2v) is 4.54. The Morgan fingerprint density at radius 1 is 1.29 bits per heavy atom. The first-order valence-corrected chi connectivity index (χ1v) is 5.31. The van der Waals surface area contributed by atoms with Crippen molar-refractivity contribution in [2.45, 2.75) is 40.5 Å². The lowest BCUT2D eigenvalue weighted by molar-refractivity contribution is 0.686. The lowest BCUT2D eigenvalue weighted by Gasteiger charge is -2.07. The van der Waals surface area contributed by atoms with Crippen LogP contribution in [-0.2, 0) is 0 Å². The summed E-state index contributed by atoms with van der Waals surface area (Å²) in [6.07, 6.45) is 0. The van der Waals surface area contributed by atoms with Gasteiger partial charge in [-0.15, -0.1) is 0 Å². The molecule has 0 unspecified atom stereocenters. The summed E-state index contributed by atoms with van der Waals surface area (Å²) in [6.45, 7) is 11.8. The van der Waals surface area contributed by atoms with E-state index < -0.39 is 0 Å². The fraction of sp³-hybridized carbons (Fsp3) is 0.727. The van der Waals surface area contributed by atoms with Crippen LogP contribution < -0.4 is 5.32 Å². The van der Waals surface area contributed by atoms with Gasteiger partial charge in [-0.2, -0.15) is 5.10 Å². The van der Waals surface area contributed by atoms with Crippen LogP contribution in [0.2, 0.25) is 0 Å². The molecule has 0 radical (unpaired) electrons. The van der Waals surface area contributed by atoms with Gasteiger partial charge in [-0.3, -0.25) is 5.10 Å². The van der Waals surface area contributed by atoms with Gasteiger partial charge < -0.3 is 5.32 Å². The van der Waals surface area contributed by atoms with Crippen LogP contribution in [0.15, 0.2) is 0 Å². The lowest BCUT2D eigenvalue weighted by Crippen LogP contribution is -2.08. The number of hydrogen-bond acceptors (Lipinski definition) is 2. The third-order valence-electron chi connectivity index (χ3n) is 2.30. The lowest BCUT2D eigenvalue weighted by atomic mass is 10.1. The molecule has 0 saturated carbocycles. The standard InChI is InChI=1S/C11H21N3/c1-7(2)6-12-11-9(5)10(8(3)4)13-14-11/h7-8H,6H2,1-5H3,(H2,12,13,14). The van der Waals surface area contributed by atoms with E-state index in [4.69, 9.17) is 0 Å². The minimum atomic E-state index is 0.511. The number of aromatic nitrogens is 2. The highest BCUT2D eigenvalue weighted by molar-refractivity contribution is 5.46. The number of rotatable bonds is 4. The highest BCUT2D eigenvalue weighted by atomic mass is 15.2. The van der Waals surface area contributed by atoms with Gasteiger partial charge in [0.25, 0.3) is 0 Å².